The fraction of sp³-hybridized carbons (Fsp3) is 0.233. The number of unbranched alkanes of at least 4 members (excludes halogenated alkanes) is 4. The fourth-order valence-corrected chi connectivity index (χ4v) is 4.62. The molecule has 4 aromatic rings. The van der Waals surface area contributed by atoms with E-state index in [-0.39, 0.29) is 5.56 Å². The van der Waals surface area contributed by atoms with Crippen LogP contribution in [0.4, 0.5) is 8.78 Å². The number of aryl methyl sites for hydroxylation is 1. The van der Waals surface area contributed by atoms with Gasteiger partial charge in [-0.3, -0.25) is 4.79 Å². The molecule has 0 heterocycles. The molecule has 0 aliphatic carbocycles. The molecule has 1 nitrogen and oxygen atoms in total. The first-order chi connectivity index (χ1) is 16.5. The Hall–Kier alpha value is -3.04. The smallest absolute Gasteiger partial charge is 0.151 e. The summed E-state index contributed by atoms with van der Waals surface area (Å²) in [5.74, 6) is -1.37. The van der Waals surface area contributed by atoms with Crippen LogP contribution in [0.25, 0.3) is 33.0 Å². The Bertz CT molecular complexity index is 1290. The Balaban J connectivity index is 1.67. The number of rotatable bonds is 9. The molecule has 4 aromatic carbocycles. The lowest BCUT2D eigenvalue weighted by Gasteiger charge is -2.13. The van der Waals surface area contributed by atoms with Gasteiger partial charge in [0.2, 0.25) is 0 Å². The van der Waals surface area contributed by atoms with Crippen LogP contribution in [0.3, 0.4) is 0 Å². The van der Waals surface area contributed by atoms with Gasteiger partial charge in [-0.15, -0.1) is 0 Å². The van der Waals surface area contributed by atoms with Crippen molar-refractivity contribution < 1.29 is 13.6 Å². The van der Waals surface area contributed by atoms with Gasteiger partial charge < -0.3 is 0 Å². The summed E-state index contributed by atoms with van der Waals surface area (Å²) < 4.78 is 30.0. The second kappa shape index (κ2) is 10.9. The van der Waals surface area contributed by atoms with Crippen molar-refractivity contribution >= 4 is 28.7 Å². The van der Waals surface area contributed by atoms with E-state index in [0.29, 0.717) is 27.3 Å². The molecule has 0 amide bonds. The van der Waals surface area contributed by atoms with Gasteiger partial charge in [-0.05, 0) is 70.1 Å². The van der Waals surface area contributed by atoms with Gasteiger partial charge in [0.05, 0.1) is 5.56 Å². The molecule has 4 rings (SSSR count). The molecule has 34 heavy (non-hydrogen) atoms. The van der Waals surface area contributed by atoms with Crippen LogP contribution in [-0.2, 0) is 6.42 Å². The van der Waals surface area contributed by atoms with Gasteiger partial charge in [0.25, 0.3) is 0 Å². The summed E-state index contributed by atoms with van der Waals surface area (Å²) in [5, 5.41) is 2.23. The quantitative estimate of drug-likeness (QED) is 0.173. The van der Waals surface area contributed by atoms with Crippen molar-refractivity contribution in [3.8, 4) is 22.3 Å². The van der Waals surface area contributed by atoms with Crippen molar-refractivity contribution in [2.75, 3.05) is 0 Å². The van der Waals surface area contributed by atoms with Crippen LogP contribution in [0, 0.1) is 11.6 Å². The van der Waals surface area contributed by atoms with Crippen molar-refractivity contribution in [1.82, 2.24) is 0 Å². The summed E-state index contributed by atoms with van der Waals surface area (Å²) in [6.45, 7) is 2.21. The maximum atomic E-state index is 15.0. The Morgan fingerprint density at radius 3 is 2.18 bits per heavy atom. The second-order valence-electron chi connectivity index (χ2n) is 8.69. The lowest BCUT2D eigenvalue weighted by atomic mass is 9.92. The van der Waals surface area contributed by atoms with Gasteiger partial charge >= 0.3 is 0 Å². The maximum absolute atomic E-state index is 15.0. The van der Waals surface area contributed by atoms with Crippen LogP contribution in [0.5, 0.6) is 0 Å². The van der Waals surface area contributed by atoms with Crippen LogP contribution in [0.2, 0.25) is 5.02 Å². The molecule has 0 atom stereocenters. The molecule has 0 bridgehead atoms. The second-order valence-corrected chi connectivity index (χ2v) is 9.12. The van der Waals surface area contributed by atoms with Crippen LogP contribution >= 0.6 is 11.6 Å². The highest BCUT2D eigenvalue weighted by Crippen LogP contribution is 2.35. The van der Waals surface area contributed by atoms with Crippen molar-refractivity contribution in [3.63, 3.8) is 0 Å². The molecule has 0 radical (unpaired) electrons. The van der Waals surface area contributed by atoms with E-state index in [1.54, 1.807) is 30.3 Å². The van der Waals surface area contributed by atoms with Crippen LogP contribution in [0.15, 0.2) is 66.7 Å². The molecule has 0 unspecified atom stereocenters. The third-order valence-corrected chi connectivity index (χ3v) is 6.55. The average molecular weight is 477 g/mol. The maximum Gasteiger partial charge on any atom is 0.151 e. The number of hydrogen-bond donors (Lipinski definition) is 0. The van der Waals surface area contributed by atoms with Gasteiger partial charge in [-0.2, -0.15) is 0 Å². The summed E-state index contributed by atoms with van der Waals surface area (Å²) in [5.41, 5.74) is 2.80. The van der Waals surface area contributed by atoms with E-state index in [1.165, 1.54) is 43.4 Å². The predicted octanol–water partition coefficient (Wildman–Crippen LogP) is 9.43. The normalized spacial score (nSPS) is 11.2. The predicted molar refractivity (Wildman–Crippen MR) is 138 cm³/mol. The van der Waals surface area contributed by atoms with Gasteiger partial charge in [0.1, 0.15) is 11.6 Å². The van der Waals surface area contributed by atoms with Gasteiger partial charge in [0, 0.05) is 10.6 Å². The number of carbonyl (C=O) groups is 1. The zero-order valence-corrected chi connectivity index (χ0v) is 20.0. The summed E-state index contributed by atoms with van der Waals surface area (Å²) >= 11 is 5.90. The fourth-order valence-electron chi connectivity index (χ4n) is 4.49. The molecule has 0 saturated heterocycles. The summed E-state index contributed by atoms with van der Waals surface area (Å²) in [7, 11) is 0. The van der Waals surface area contributed by atoms with E-state index in [9.17, 15) is 4.79 Å². The third-order valence-electron chi connectivity index (χ3n) is 6.30. The molecule has 0 N–H and O–H groups in total. The highest BCUT2D eigenvalue weighted by molar-refractivity contribution is 6.30. The number of halogens is 3. The highest BCUT2D eigenvalue weighted by Gasteiger charge is 2.17. The Morgan fingerprint density at radius 2 is 1.50 bits per heavy atom. The molecule has 0 aliphatic rings. The Morgan fingerprint density at radius 1 is 0.794 bits per heavy atom. The number of hydrogen-bond acceptors (Lipinski definition) is 1. The highest BCUT2D eigenvalue weighted by atomic mass is 35.5. The van der Waals surface area contributed by atoms with Crippen molar-refractivity contribution in [2.24, 2.45) is 0 Å². The Labute approximate surface area is 204 Å². The summed E-state index contributed by atoms with van der Waals surface area (Å²) in [6.07, 6.45) is 7.88. The standard InChI is InChI=1S/C30H27ClF2O/c1-2-3-4-5-6-7-20-8-14-25-22(16-20)11-15-26(27(25)19-34)23-17-28(32)30(29(33)18-23)21-9-12-24(31)13-10-21/h8-19H,2-7H2,1H3. The first kappa shape index (κ1) is 24.1. The lowest BCUT2D eigenvalue weighted by Crippen LogP contribution is -1.96. The van der Waals surface area contributed by atoms with Crippen molar-refractivity contribution in [2.45, 2.75) is 45.4 Å². The minimum absolute atomic E-state index is 0.113. The lowest BCUT2D eigenvalue weighted by molar-refractivity contribution is 0.112. The molecule has 0 fully saturated rings. The monoisotopic (exact) mass is 476 g/mol. The van der Waals surface area contributed by atoms with Crippen LogP contribution < -0.4 is 0 Å². The van der Waals surface area contributed by atoms with Crippen molar-refractivity contribution in [3.05, 3.63) is 94.5 Å². The molecule has 0 aliphatic heterocycles. The SMILES string of the molecule is CCCCCCCc1ccc2c(C=O)c(-c3cc(F)c(-c4ccc(Cl)cc4)c(F)c3)ccc2c1. The first-order valence-corrected chi connectivity index (χ1v) is 12.2. The number of fused-ring (bicyclic) bond motifs is 1. The van der Waals surface area contributed by atoms with Crippen molar-refractivity contribution in [1.29, 1.82) is 0 Å². The molecular formula is C30H27ClF2O. The van der Waals surface area contributed by atoms with Gasteiger partial charge in [0.15, 0.2) is 6.29 Å². The topological polar surface area (TPSA) is 17.1 Å². The van der Waals surface area contributed by atoms with E-state index in [4.69, 9.17) is 11.6 Å². The number of aldehydes is 1. The molecule has 0 saturated carbocycles. The molecule has 4 heteroatoms. The van der Waals surface area contributed by atoms with Crippen LogP contribution in [-0.4, -0.2) is 6.29 Å². The first-order valence-electron chi connectivity index (χ1n) is 11.8. The number of benzene rings is 4. The zero-order chi connectivity index (χ0) is 24.1. The van der Waals surface area contributed by atoms with E-state index in [2.05, 4.69) is 13.0 Å². The van der Waals surface area contributed by atoms with E-state index < -0.39 is 11.6 Å². The molecule has 174 valence electrons. The number of carbonyl (C=O) groups excluding carboxylic acids is 1. The molecule has 0 spiro atoms. The molecule has 0 aromatic heterocycles. The summed E-state index contributed by atoms with van der Waals surface area (Å²) in [6, 6.07) is 18.7. The largest absolute Gasteiger partial charge is 0.298 e. The van der Waals surface area contributed by atoms with E-state index in [0.717, 1.165) is 29.9 Å². The average Bonchev–Trinajstić information content (AvgIpc) is 2.83. The third kappa shape index (κ3) is 5.20. The minimum atomic E-state index is -0.687. The van der Waals surface area contributed by atoms with E-state index in [1.807, 2.05) is 18.2 Å². The van der Waals surface area contributed by atoms with E-state index >= 15 is 8.78 Å². The van der Waals surface area contributed by atoms with Gasteiger partial charge in [-0.1, -0.05) is 86.7 Å². The zero-order valence-electron chi connectivity index (χ0n) is 19.2. The van der Waals surface area contributed by atoms with Gasteiger partial charge in [-0.25, -0.2) is 8.78 Å². The minimum Gasteiger partial charge on any atom is -0.298 e. The van der Waals surface area contributed by atoms with Crippen LogP contribution in [0.1, 0.15) is 54.9 Å². The molecular weight excluding hydrogens is 450 g/mol. The Kier molecular flexibility index (Phi) is 7.74. The summed E-state index contributed by atoms with van der Waals surface area (Å²) in [4.78, 5) is 12.1.